The predicted octanol–water partition coefficient (Wildman–Crippen LogP) is -0.493. The van der Waals surface area contributed by atoms with Crippen molar-refractivity contribution >= 4 is 17.8 Å². The van der Waals surface area contributed by atoms with E-state index < -0.39 is 24.1 Å². The van der Waals surface area contributed by atoms with Gasteiger partial charge in [0.2, 0.25) is 11.8 Å². The molecule has 0 aliphatic carbocycles. The van der Waals surface area contributed by atoms with Crippen molar-refractivity contribution in [2.24, 2.45) is 5.92 Å². The molecule has 3 N–H and O–H groups in total. The van der Waals surface area contributed by atoms with Crippen LogP contribution in [0.1, 0.15) is 26.7 Å². The number of carbonyl (C=O) groups excluding carboxylic acids is 2. The van der Waals surface area contributed by atoms with Crippen molar-refractivity contribution in [3.63, 3.8) is 0 Å². The van der Waals surface area contributed by atoms with Crippen molar-refractivity contribution in [3.8, 4) is 0 Å². The second-order valence-electron chi connectivity index (χ2n) is 4.94. The first-order valence-corrected chi connectivity index (χ1v) is 6.32. The zero-order valence-corrected chi connectivity index (χ0v) is 11.1. The Morgan fingerprint density at radius 3 is 2.37 bits per heavy atom. The van der Waals surface area contributed by atoms with Gasteiger partial charge >= 0.3 is 5.97 Å². The fraction of sp³-hybridized carbons (Fsp3) is 0.750. The number of ether oxygens (including phenoxy) is 1. The van der Waals surface area contributed by atoms with Crippen LogP contribution in [0.15, 0.2) is 0 Å². The molecule has 0 aromatic rings. The van der Waals surface area contributed by atoms with Crippen LogP contribution in [0.4, 0.5) is 0 Å². The number of carboxylic acids is 1. The van der Waals surface area contributed by atoms with Gasteiger partial charge in [-0.1, -0.05) is 13.8 Å². The van der Waals surface area contributed by atoms with Crippen LogP contribution in [-0.4, -0.2) is 48.2 Å². The fourth-order valence-electron chi connectivity index (χ4n) is 1.67. The first-order chi connectivity index (χ1) is 8.90. The molecule has 108 valence electrons. The Labute approximate surface area is 111 Å². The zero-order valence-electron chi connectivity index (χ0n) is 11.1. The van der Waals surface area contributed by atoms with Gasteiger partial charge < -0.3 is 20.5 Å². The summed E-state index contributed by atoms with van der Waals surface area (Å²) < 4.78 is 5.07. The molecule has 1 fully saturated rings. The molecule has 1 rings (SSSR count). The van der Waals surface area contributed by atoms with Crippen LogP contribution in [0, 0.1) is 5.92 Å². The summed E-state index contributed by atoms with van der Waals surface area (Å²) in [5.41, 5.74) is 0. The standard InChI is InChI=1S/C12H20N2O5/c1-7(2)5-13-10(15)6-14-11(16)8-3-4-9(19-8)12(17)18/h7-9H,3-6H2,1-2H3,(H,13,15)(H,14,16)(H,17,18). The van der Waals surface area contributed by atoms with E-state index in [-0.39, 0.29) is 12.5 Å². The van der Waals surface area contributed by atoms with E-state index in [1.54, 1.807) is 0 Å². The number of hydrogen-bond acceptors (Lipinski definition) is 4. The molecule has 2 amide bonds. The average Bonchev–Trinajstić information content (AvgIpc) is 2.83. The molecule has 1 aliphatic heterocycles. The summed E-state index contributed by atoms with van der Waals surface area (Å²) in [4.78, 5) is 33.7. The Hall–Kier alpha value is -1.63. The summed E-state index contributed by atoms with van der Waals surface area (Å²) in [5, 5.41) is 13.8. The minimum absolute atomic E-state index is 0.122. The summed E-state index contributed by atoms with van der Waals surface area (Å²) in [7, 11) is 0. The smallest absolute Gasteiger partial charge is 0.332 e. The number of carbonyl (C=O) groups is 3. The second kappa shape index (κ2) is 7.08. The molecule has 0 saturated carbocycles. The summed E-state index contributed by atoms with van der Waals surface area (Å²) in [6, 6.07) is 0. The van der Waals surface area contributed by atoms with E-state index in [4.69, 9.17) is 9.84 Å². The number of amides is 2. The largest absolute Gasteiger partial charge is 0.479 e. The molecule has 0 radical (unpaired) electrons. The summed E-state index contributed by atoms with van der Waals surface area (Å²) in [6.07, 6.45) is -1.03. The Kier molecular flexibility index (Phi) is 5.75. The first kappa shape index (κ1) is 15.4. The van der Waals surface area contributed by atoms with Gasteiger partial charge in [0.05, 0.1) is 6.54 Å². The van der Waals surface area contributed by atoms with Gasteiger partial charge in [0, 0.05) is 6.54 Å². The quantitative estimate of drug-likeness (QED) is 0.605. The molecule has 19 heavy (non-hydrogen) atoms. The van der Waals surface area contributed by atoms with E-state index in [1.807, 2.05) is 13.8 Å². The second-order valence-corrected chi connectivity index (χ2v) is 4.94. The highest BCUT2D eigenvalue weighted by atomic mass is 16.5. The molecule has 1 heterocycles. The minimum Gasteiger partial charge on any atom is -0.479 e. The molecule has 1 saturated heterocycles. The molecule has 0 spiro atoms. The molecular formula is C12H20N2O5. The van der Waals surface area contributed by atoms with Gasteiger partial charge in [-0.2, -0.15) is 0 Å². The monoisotopic (exact) mass is 272 g/mol. The maximum Gasteiger partial charge on any atom is 0.332 e. The molecular weight excluding hydrogens is 252 g/mol. The number of hydrogen-bond donors (Lipinski definition) is 3. The highest BCUT2D eigenvalue weighted by molar-refractivity contribution is 5.87. The number of nitrogens with one attached hydrogen (secondary N) is 2. The minimum atomic E-state index is -1.06. The van der Waals surface area contributed by atoms with Crippen LogP contribution in [0.3, 0.4) is 0 Å². The maximum absolute atomic E-state index is 11.6. The van der Waals surface area contributed by atoms with Crippen molar-refractivity contribution in [2.75, 3.05) is 13.1 Å². The fourth-order valence-corrected chi connectivity index (χ4v) is 1.67. The highest BCUT2D eigenvalue weighted by Crippen LogP contribution is 2.19. The van der Waals surface area contributed by atoms with Gasteiger partial charge in [0.25, 0.3) is 0 Å². The Morgan fingerprint density at radius 1 is 1.21 bits per heavy atom. The van der Waals surface area contributed by atoms with Crippen LogP contribution < -0.4 is 10.6 Å². The molecule has 0 aromatic carbocycles. The van der Waals surface area contributed by atoms with E-state index in [2.05, 4.69) is 10.6 Å². The van der Waals surface area contributed by atoms with Crippen LogP contribution in [0.5, 0.6) is 0 Å². The normalized spacial score (nSPS) is 22.3. The third-order valence-corrected chi connectivity index (χ3v) is 2.72. The lowest BCUT2D eigenvalue weighted by Gasteiger charge is -2.12. The van der Waals surface area contributed by atoms with Gasteiger partial charge in [-0.15, -0.1) is 0 Å². The summed E-state index contributed by atoms with van der Waals surface area (Å²) in [5.74, 6) is -1.43. The van der Waals surface area contributed by atoms with E-state index in [9.17, 15) is 14.4 Å². The van der Waals surface area contributed by atoms with Crippen molar-refractivity contribution in [1.29, 1.82) is 0 Å². The van der Waals surface area contributed by atoms with Crippen LogP contribution >= 0.6 is 0 Å². The molecule has 0 aromatic heterocycles. The van der Waals surface area contributed by atoms with E-state index >= 15 is 0 Å². The molecule has 2 atom stereocenters. The van der Waals surface area contributed by atoms with Crippen LogP contribution in [-0.2, 0) is 19.1 Å². The lowest BCUT2D eigenvalue weighted by atomic mass is 10.2. The third kappa shape index (κ3) is 5.25. The maximum atomic E-state index is 11.6. The van der Waals surface area contributed by atoms with Crippen molar-refractivity contribution in [1.82, 2.24) is 10.6 Å². The van der Waals surface area contributed by atoms with Crippen molar-refractivity contribution in [2.45, 2.75) is 38.9 Å². The number of rotatable bonds is 6. The van der Waals surface area contributed by atoms with E-state index in [0.29, 0.717) is 25.3 Å². The topological polar surface area (TPSA) is 105 Å². The van der Waals surface area contributed by atoms with Crippen molar-refractivity contribution < 1.29 is 24.2 Å². The molecule has 7 nitrogen and oxygen atoms in total. The third-order valence-electron chi connectivity index (χ3n) is 2.72. The molecule has 0 bridgehead atoms. The van der Waals surface area contributed by atoms with Crippen molar-refractivity contribution in [3.05, 3.63) is 0 Å². The van der Waals surface area contributed by atoms with Gasteiger partial charge in [-0.05, 0) is 18.8 Å². The number of aliphatic carboxylic acids is 1. The van der Waals surface area contributed by atoms with Gasteiger partial charge in [-0.3, -0.25) is 9.59 Å². The Balaban J connectivity index is 2.25. The lowest BCUT2D eigenvalue weighted by molar-refractivity contribution is -0.152. The molecule has 7 heteroatoms. The predicted molar refractivity (Wildman–Crippen MR) is 66.4 cm³/mol. The van der Waals surface area contributed by atoms with E-state index in [1.165, 1.54) is 0 Å². The van der Waals surface area contributed by atoms with E-state index in [0.717, 1.165) is 0 Å². The first-order valence-electron chi connectivity index (χ1n) is 6.32. The average molecular weight is 272 g/mol. The van der Waals surface area contributed by atoms with Gasteiger partial charge in [-0.25, -0.2) is 4.79 Å². The molecule has 2 unspecified atom stereocenters. The Morgan fingerprint density at radius 2 is 1.84 bits per heavy atom. The van der Waals surface area contributed by atoms with Gasteiger partial charge in [0.15, 0.2) is 6.10 Å². The van der Waals surface area contributed by atoms with Gasteiger partial charge in [0.1, 0.15) is 6.10 Å². The SMILES string of the molecule is CC(C)CNC(=O)CNC(=O)C1CCC(C(=O)O)O1. The Bertz CT molecular complexity index is 356. The van der Waals surface area contributed by atoms with Crippen LogP contribution in [0.2, 0.25) is 0 Å². The lowest BCUT2D eigenvalue weighted by Crippen LogP contribution is -2.42. The van der Waals surface area contributed by atoms with Crippen LogP contribution in [0.25, 0.3) is 0 Å². The summed E-state index contributed by atoms with van der Waals surface area (Å²) >= 11 is 0. The summed E-state index contributed by atoms with van der Waals surface area (Å²) in [6.45, 7) is 4.37. The highest BCUT2D eigenvalue weighted by Gasteiger charge is 2.34. The zero-order chi connectivity index (χ0) is 14.4. The molecule has 1 aliphatic rings. The number of carboxylic acid groups (broad SMARTS) is 1.